The topological polar surface area (TPSA) is 89.4 Å². The van der Waals surface area contributed by atoms with Gasteiger partial charge in [-0.1, -0.05) is 6.92 Å². The van der Waals surface area contributed by atoms with Gasteiger partial charge in [0.05, 0.1) is 5.75 Å². The highest BCUT2D eigenvalue weighted by molar-refractivity contribution is 7.91. The van der Waals surface area contributed by atoms with Crippen LogP contribution >= 0.6 is 0 Å². The maximum Gasteiger partial charge on any atom is 0.150 e. The second kappa shape index (κ2) is 8.04. The molecule has 0 rings (SSSR count). The van der Waals surface area contributed by atoms with Gasteiger partial charge in [0.15, 0.2) is 0 Å². The van der Waals surface area contributed by atoms with E-state index >= 15 is 0 Å². The van der Waals surface area contributed by atoms with Gasteiger partial charge in [0.1, 0.15) is 9.84 Å². The Morgan fingerprint density at radius 2 is 1.60 bits per heavy atom. The molecule has 0 saturated heterocycles. The molecule has 0 aliphatic rings. The molecule has 6 heteroatoms. The maximum atomic E-state index is 11.2. The first-order valence-corrected chi connectivity index (χ1v) is 7.20. The molecule has 0 amide bonds. The van der Waals surface area contributed by atoms with E-state index in [1.54, 1.807) is 6.92 Å². The third kappa shape index (κ3) is 7.72. The normalized spacial score (nSPS) is 12.3. The molecule has 0 aromatic carbocycles. The second-order valence-electron chi connectivity index (χ2n) is 3.51. The minimum atomic E-state index is -2.83. The van der Waals surface area contributed by atoms with E-state index in [2.05, 4.69) is 4.90 Å². The predicted molar refractivity (Wildman–Crippen MR) is 63.5 cm³/mol. The van der Waals surface area contributed by atoms with Gasteiger partial charge in [0.25, 0.3) is 0 Å². The molecule has 0 atom stereocenters. The first-order chi connectivity index (χ1) is 7.05. The van der Waals surface area contributed by atoms with Crippen LogP contribution in [0.15, 0.2) is 0 Å². The van der Waals surface area contributed by atoms with Gasteiger partial charge in [-0.15, -0.1) is 0 Å². The molecule has 0 aliphatic carbocycles. The standard InChI is InChI=1S/C9H23N3O2S/c1-2-15(13,14)9-3-6-12(7-4-10)8-5-11/h2-11H2,1H3. The molecule has 0 spiro atoms. The molecule has 0 heterocycles. The minimum Gasteiger partial charge on any atom is -0.329 e. The molecule has 0 bridgehead atoms. The zero-order valence-electron chi connectivity index (χ0n) is 9.48. The summed E-state index contributed by atoms with van der Waals surface area (Å²) < 4.78 is 22.5. The highest BCUT2D eigenvalue weighted by Gasteiger charge is 2.08. The smallest absolute Gasteiger partial charge is 0.150 e. The van der Waals surface area contributed by atoms with E-state index in [1.165, 1.54) is 0 Å². The SMILES string of the molecule is CCS(=O)(=O)CCCN(CCN)CCN. The number of hydrogen-bond donors (Lipinski definition) is 2. The van der Waals surface area contributed by atoms with Gasteiger partial charge < -0.3 is 16.4 Å². The van der Waals surface area contributed by atoms with E-state index in [4.69, 9.17) is 11.5 Å². The largest absolute Gasteiger partial charge is 0.329 e. The van der Waals surface area contributed by atoms with E-state index in [9.17, 15) is 8.42 Å². The summed E-state index contributed by atoms with van der Waals surface area (Å²) in [5.41, 5.74) is 10.9. The Labute approximate surface area is 92.7 Å². The van der Waals surface area contributed by atoms with E-state index < -0.39 is 9.84 Å². The molecule has 0 radical (unpaired) electrons. The Kier molecular flexibility index (Phi) is 7.95. The summed E-state index contributed by atoms with van der Waals surface area (Å²) >= 11 is 0. The van der Waals surface area contributed by atoms with Crippen LogP contribution in [0.25, 0.3) is 0 Å². The van der Waals surface area contributed by atoms with E-state index in [0.29, 0.717) is 19.5 Å². The Hall–Kier alpha value is -0.170. The fourth-order valence-corrected chi connectivity index (χ4v) is 2.21. The summed E-state index contributed by atoms with van der Waals surface area (Å²) in [6, 6.07) is 0. The molecule has 0 aliphatic heterocycles. The van der Waals surface area contributed by atoms with Crippen molar-refractivity contribution in [1.82, 2.24) is 4.90 Å². The van der Waals surface area contributed by atoms with Crippen LogP contribution < -0.4 is 11.5 Å². The Balaban J connectivity index is 3.79. The van der Waals surface area contributed by atoms with Crippen molar-refractivity contribution < 1.29 is 8.42 Å². The number of nitrogens with two attached hydrogens (primary N) is 2. The Morgan fingerprint density at radius 3 is 2.00 bits per heavy atom. The van der Waals surface area contributed by atoms with Crippen LogP contribution in [0.3, 0.4) is 0 Å². The van der Waals surface area contributed by atoms with Crippen molar-refractivity contribution in [3.05, 3.63) is 0 Å². The predicted octanol–water partition coefficient (Wildman–Crippen LogP) is -0.969. The van der Waals surface area contributed by atoms with Crippen LogP contribution in [0.2, 0.25) is 0 Å². The number of sulfone groups is 1. The lowest BCUT2D eigenvalue weighted by Gasteiger charge is -2.20. The van der Waals surface area contributed by atoms with Gasteiger partial charge in [0.2, 0.25) is 0 Å². The summed E-state index contributed by atoms with van der Waals surface area (Å²) in [6.07, 6.45) is 0.663. The first-order valence-electron chi connectivity index (χ1n) is 5.38. The fraction of sp³-hybridized carbons (Fsp3) is 1.00. The average Bonchev–Trinajstić information content (AvgIpc) is 2.18. The lowest BCUT2D eigenvalue weighted by Crippen LogP contribution is -2.35. The third-order valence-corrected chi connectivity index (χ3v) is 4.05. The Morgan fingerprint density at radius 1 is 1.07 bits per heavy atom. The van der Waals surface area contributed by atoms with Crippen LogP contribution in [-0.2, 0) is 9.84 Å². The fourth-order valence-electron chi connectivity index (χ4n) is 1.35. The van der Waals surface area contributed by atoms with Crippen molar-refractivity contribution in [3.8, 4) is 0 Å². The highest BCUT2D eigenvalue weighted by atomic mass is 32.2. The van der Waals surface area contributed by atoms with Crippen LogP contribution in [0.1, 0.15) is 13.3 Å². The zero-order chi connectivity index (χ0) is 11.7. The lowest BCUT2D eigenvalue weighted by atomic mass is 10.4. The molecule has 92 valence electrons. The molecule has 5 nitrogen and oxygen atoms in total. The molecule has 0 unspecified atom stereocenters. The number of nitrogens with zero attached hydrogens (tertiary/aromatic N) is 1. The van der Waals surface area contributed by atoms with Gasteiger partial charge in [-0.25, -0.2) is 8.42 Å². The molecule has 0 saturated carbocycles. The number of hydrogen-bond acceptors (Lipinski definition) is 5. The second-order valence-corrected chi connectivity index (χ2v) is 5.98. The van der Waals surface area contributed by atoms with E-state index in [1.807, 2.05) is 0 Å². The zero-order valence-corrected chi connectivity index (χ0v) is 10.3. The maximum absolute atomic E-state index is 11.2. The summed E-state index contributed by atoms with van der Waals surface area (Å²) in [4.78, 5) is 2.10. The van der Waals surface area contributed by atoms with Gasteiger partial charge in [0, 0.05) is 31.9 Å². The average molecular weight is 237 g/mol. The van der Waals surface area contributed by atoms with Crippen LogP contribution in [0.5, 0.6) is 0 Å². The summed E-state index contributed by atoms with van der Waals surface area (Å²) in [5, 5.41) is 0. The third-order valence-electron chi connectivity index (χ3n) is 2.26. The van der Waals surface area contributed by atoms with Crippen molar-refractivity contribution in [2.75, 3.05) is 44.2 Å². The van der Waals surface area contributed by atoms with Crippen molar-refractivity contribution in [3.63, 3.8) is 0 Å². The lowest BCUT2D eigenvalue weighted by molar-refractivity contribution is 0.290. The van der Waals surface area contributed by atoms with Crippen LogP contribution in [0, 0.1) is 0 Å². The van der Waals surface area contributed by atoms with Gasteiger partial charge in [-0.05, 0) is 13.0 Å². The summed E-state index contributed by atoms with van der Waals surface area (Å²) in [5.74, 6) is 0.482. The summed E-state index contributed by atoms with van der Waals surface area (Å²) in [6.45, 7) is 5.16. The van der Waals surface area contributed by atoms with E-state index in [0.717, 1.165) is 19.6 Å². The molecule has 0 aromatic heterocycles. The molecule has 4 N–H and O–H groups in total. The minimum absolute atomic E-state index is 0.223. The molecule has 15 heavy (non-hydrogen) atoms. The van der Waals surface area contributed by atoms with Crippen LogP contribution in [0.4, 0.5) is 0 Å². The molecular formula is C9H23N3O2S. The van der Waals surface area contributed by atoms with Crippen molar-refractivity contribution in [2.45, 2.75) is 13.3 Å². The van der Waals surface area contributed by atoms with Crippen molar-refractivity contribution in [1.29, 1.82) is 0 Å². The van der Waals surface area contributed by atoms with E-state index in [-0.39, 0.29) is 11.5 Å². The first kappa shape index (κ1) is 14.8. The van der Waals surface area contributed by atoms with Crippen LogP contribution in [-0.4, -0.2) is 57.5 Å². The quantitative estimate of drug-likeness (QED) is 0.538. The molecular weight excluding hydrogens is 214 g/mol. The number of rotatable bonds is 9. The Bertz CT molecular complexity index is 236. The van der Waals surface area contributed by atoms with Crippen molar-refractivity contribution >= 4 is 9.84 Å². The van der Waals surface area contributed by atoms with Gasteiger partial charge >= 0.3 is 0 Å². The molecule has 0 fully saturated rings. The summed E-state index contributed by atoms with van der Waals surface area (Å²) in [7, 11) is -2.83. The van der Waals surface area contributed by atoms with Gasteiger partial charge in [-0.2, -0.15) is 0 Å². The highest BCUT2D eigenvalue weighted by Crippen LogP contribution is 1.96. The molecule has 0 aromatic rings. The monoisotopic (exact) mass is 237 g/mol. The van der Waals surface area contributed by atoms with Gasteiger partial charge in [-0.3, -0.25) is 0 Å². The van der Waals surface area contributed by atoms with Crippen molar-refractivity contribution in [2.24, 2.45) is 11.5 Å².